The van der Waals surface area contributed by atoms with Gasteiger partial charge in [-0.05, 0) is 33.6 Å². The van der Waals surface area contributed by atoms with Crippen LogP contribution < -0.4 is 5.73 Å². The molecule has 1 saturated heterocycles. The van der Waals surface area contributed by atoms with Crippen molar-refractivity contribution in [2.45, 2.75) is 51.3 Å². The van der Waals surface area contributed by atoms with Gasteiger partial charge in [0.05, 0.1) is 18.3 Å². The van der Waals surface area contributed by atoms with Gasteiger partial charge >= 0.3 is 0 Å². The maximum atomic E-state index is 12.0. The van der Waals surface area contributed by atoms with Crippen molar-refractivity contribution >= 4 is 18.3 Å². The van der Waals surface area contributed by atoms with Crippen molar-refractivity contribution in [1.29, 1.82) is 5.26 Å². The van der Waals surface area contributed by atoms with E-state index in [4.69, 9.17) is 15.7 Å². The van der Waals surface area contributed by atoms with E-state index in [1.165, 1.54) is 0 Å². The minimum absolute atomic E-state index is 0. The molecule has 0 aromatic heterocycles. The smallest absolute Gasteiger partial charge is 0.242 e. The fraction of sp³-hybridized carbons (Fsp3) is 0.833. The Balaban J connectivity index is 0.00000289. The fourth-order valence-electron chi connectivity index (χ4n) is 1.79. The lowest BCUT2D eigenvalue weighted by atomic mass is 10.2. The van der Waals surface area contributed by atoms with Gasteiger partial charge in [-0.25, -0.2) is 0 Å². The Bertz CT molecular complexity index is 322. The lowest BCUT2D eigenvalue weighted by Gasteiger charge is -2.26. The molecule has 1 aliphatic rings. The number of rotatable bonds is 3. The number of nitrogens with zero attached hydrogens (tertiary/aromatic N) is 2. The van der Waals surface area contributed by atoms with Crippen LogP contribution in [0.2, 0.25) is 0 Å². The van der Waals surface area contributed by atoms with E-state index in [-0.39, 0.29) is 36.6 Å². The van der Waals surface area contributed by atoms with Crippen molar-refractivity contribution in [2.75, 3.05) is 13.2 Å². The summed E-state index contributed by atoms with van der Waals surface area (Å²) < 4.78 is 5.49. The van der Waals surface area contributed by atoms with Gasteiger partial charge in [0, 0.05) is 6.54 Å². The number of nitriles is 1. The molecule has 0 aromatic carbocycles. The topological polar surface area (TPSA) is 79.3 Å². The van der Waals surface area contributed by atoms with Gasteiger partial charge in [-0.1, -0.05) is 0 Å². The molecule has 1 aliphatic heterocycles. The van der Waals surface area contributed by atoms with Gasteiger partial charge in [0.1, 0.15) is 12.1 Å². The zero-order valence-electron chi connectivity index (χ0n) is 11.2. The van der Waals surface area contributed by atoms with Crippen LogP contribution in [0, 0.1) is 11.3 Å². The van der Waals surface area contributed by atoms with E-state index in [2.05, 4.69) is 6.07 Å². The summed E-state index contributed by atoms with van der Waals surface area (Å²) in [5, 5.41) is 8.91. The van der Waals surface area contributed by atoms with Crippen LogP contribution in [-0.2, 0) is 9.53 Å². The lowest BCUT2D eigenvalue weighted by Crippen LogP contribution is -2.48. The molecule has 0 aliphatic carbocycles. The normalized spacial score (nSPS) is 21.1. The van der Waals surface area contributed by atoms with Gasteiger partial charge in [-0.2, -0.15) is 5.26 Å². The Labute approximate surface area is 115 Å². The van der Waals surface area contributed by atoms with Crippen molar-refractivity contribution < 1.29 is 9.53 Å². The fourth-order valence-corrected chi connectivity index (χ4v) is 1.79. The third kappa shape index (κ3) is 4.81. The molecule has 18 heavy (non-hydrogen) atoms. The van der Waals surface area contributed by atoms with Crippen LogP contribution in [0.5, 0.6) is 0 Å². The highest BCUT2D eigenvalue weighted by Crippen LogP contribution is 2.17. The molecule has 2 N–H and O–H groups in total. The number of halogens is 1. The Kier molecular flexibility index (Phi) is 6.61. The van der Waals surface area contributed by atoms with Gasteiger partial charge in [-0.15, -0.1) is 12.4 Å². The second-order valence-corrected chi connectivity index (χ2v) is 5.35. The molecule has 6 heteroatoms. The number of hydrogen-bond donors (Lipinski definition) is 1. The van der Waals surface area contributed by atoms with Gasteiger partial charge in [0.15, 0.2) is 0 Å². The van der Waals surface area contributed by atoms with Crippen molar-refractivity contribution in [3.63, 3.8) is 0 Å². The number of amides is 1. The van der Waals surface area contributed by atoms with Gasteiger partial charge in [0.25, 0.3) is 0 Å². The highest BCUT2D eigenvalue weighted by atomic mass is 35.5. The minimum atomic E-state index is -0.678. The summed E-state index contributed by atoms with van der Waals surface area (Å²) in [6.45, 7) is 6.56. The van der Waals surface area contributed by atoms with Crippen molar-refractivity contribution in [2.24, 2.45) is 5.73 Å². The van der Waals surface area contributed by atoms with Gasteiger partial charge in [-0.3, -0.25) is 4.79 Å². The Morgan fingerprint density at radius 2 is 2.22 bits per heavy atom. The SMILES string of the molecule is CC(C)(C)OC[C@H](N)C(=O)N1CCC[C@H]1C#N.Cl. The van der Waals surface area contributed by atoms with E-state index in [0.29, 0.717) is 6.54 Å². The first-order valence-electron chi connectivity index (χ1n) is 5.95. The van der Waals surface area contributed by atoms with Crippen LogP contribution in [0.3, 0.4) is 0 Å². The number of likely N-dealkylation sites (tertiary alicyclic amines) is 1. The average Bonchev–Trinajstić information content (AvgIpc) is 2.71. The van der Waals surface area contributed by atoms with Gasteiger partial charge in [0.2, 0.25) is 5.91 Å². The van der Waals surface area contributed by atoms with Gasteiger partial charge < -0.3 is 15.4 Å². The molecular weight excluding hydrogens is 254 g/mol. The number of ether oxygens (including phenoxy) is 1. The first kappa shape index (κ1) is 17.2. The Hall–Kier alpha value is -0.830. The van der Waals surface area contributed by atoms with Crippen molar-refractivity contribution in [3.8, 4) is 6.07 Å². The monoisotopic (exact) mass is 275 g/mol. The molecule has 2 atom stereocenters. The molecular formula is C12H22ClN3O2. The maximum Gasteiger partial charge on any atom is 0.242 e. The van der Waals surface area contributed by atoms with E-state index in [1.807, 2.05) is 20.8 Å². The Morgan fingerprint density at radius 3 is 2.72 bits per heavy atom. The second kappa shape index (κ2) is 6.93. The summed E-state index contributed by atoms with van der Waals surface area (Å²) >= 11 is 0. The van der Waals surface area contributed by atoms with E-state index < -0.39 is 6.04 Å². The minimum Gasteiger partial charge on any atom is -0.374 e. The van der Waals surface area contributed by atoms with E-state index in [0.717, 1.165) is 12.8 Å². The molecule has 1 amide bonds. The summed E-state index contributed by atoms with van der Waals surface area (Å²) in [5.74, 6) is -0.182. The molecule has 0 spiro atoms. The molecule has 0 saturated carbocycles. The Morgan fingerprint density at radius 1 is 1.61 bits per heavy atom. The summed E-state index contributed by atoms with van der Waals surface area (Å²) in [7, 11) is 0. The molecule has 5 nitrogen and oxygen atoms in total. The number of hydrogen-bond acceptors (Lipinski definition) is 4. The number of carbonyl (C=O) groups excluding carboxylic acids is 1. The number of carbonyl (C=O) groups is 1. The quantitative estimate of drug-likeness (QED) is 0.835. The molecule has 0 radical (unpaired) electrons. The van der Waals surface area contributed by atoms with E-state index in [1.54, 1.807) is 4.90 Å². The highest BCUT2D eigenvalue weighted by Gasteiger charge is 2.32. The van der Waals surface area contributed by atoms with Crippen LogP contribution in [0.15, 0.2) is 0 Å². The summed E-state index contributed by atoms with van der Waals surface area (Å²) in [4.78, 5) is 13.6. The van der Waals surface area contributed by atoms with Crippen LogP contribution in [0.4, 0.5) is 0 Å². The third-order valence-electron chi connectivity index (χ3n) is 2.70. The lowest BCUT2D eigenvalue weighted by molar-refractivity contribution is -0.135. The molecule has 0 bridgehead atoms. The predicted molar refractivity (Wildman–Crippen MR) is 71.3 cm³/mol. The maximum absolute atomic E-state index is 12.0. The van der Waals surface area contributed by atoms with E-state index in [9.17, 15) is 4.79 Å². The van der Waals surface area contributed by atoms with Crippen molar-refractivity contribution in [1.82, 2.24) is 4.90 Å². The average molecular weight is 276 g/mol. The first-order valence-corrected chi connectivity index (χ1v) is 5.95. The second-order valence-electron chi connectivity index (χ2n) is 5.35. The van der Waals surface area contributed by atoms with Crippen molar-refractivity contribution in [3.05, 3.63) is 0 Å². The largest absolute Gasteiger partial charge is 0.374 e. The van der Waals surface area contributed by atoms with Crippen LogP contribution in [0.25, 0.3) is 0 Å². The molecule has 1 rings (SSSR count). The molecule has 104 valence electrons. The molecule has 1 heterocycles. The highest BCUT2D eigenvalue weighted by molar-refractivity contribution is 5.85. The molecule has 0 aromatic rings. The summed E-state index contributed by atoms with van der Waals surface area (Å²) in [6.07, 6.45) is 1.62. The summed E-state index contributed by atoms with van der Waals surface area (Å²) in [5.41, 5.74) is 5.49. The van der Waals surface area contributed by atoms with Crippen LogP contribution in [0.1, 0.15) is 33.6 Å². The summed E-state index contributed by atoms with van der Waals surface area (Å²) in [6, 6.07) is 1.14. The van der Waals surface area contributed by atoms with E-state index >= 15 is 0 Å². The zero-order valence-corrected chi connectivity index (χ0v) is 12.0. The first-order chi connectivity index (χ1) is 7.85. The zero-order chi connectivity index (χ0) is 13.1. The standard InChI is InChI=1S/C12H21N3O2.ClH/c1-12(2,3)17-8-10(14)11(16)15-6-4-5-9(15)7-13;/h9-10H,4-6,8,14H2,1-3H3;1H/t9-,10-;/m0./s1. The molecule has 0 unspecified atom stereocenters. The number of nitrogens with two attached hydrogens (primary N) is 1. The van der Waals surface area contributed by atoms with Crippen LogP contribution >= 0.6 is 12.4 Å². The molecule has 1 fully saturated rings. The van der Waals surface area contributed by atoms with Crippen LogP contribution in [-0.4, -0.2) is 41.6 Å². The third-order valence-corrected chi connectivity index (χ3v) is 2.70. The predicted octanol–water partition coefficient (Wildman–Crippen LogP) is 1.07.